The molecule has 1 saturated heterocycles. The van der Waals surface area contributed by atoms with Crippen LogP contribution in [0.25, 0.3) is 0 Å². The van der Waals surface area contributed by atoms with Crippen molar-refractivity contribution in [3.63, 3.8) is 0 Å². The van der Waals surface area contributed by atoms with Crippen LogP contribution in [-0.4, -0.2) is 42.8 Å². The topological polar surface area (TPSA) is 74.7 Å². The summed E-state index contributed by atoms with van der Waals surface area (Å²) in [5.74, 6) is -0.155. The summed E-state index contributed by atoms with van der Waals surface area (Å²) in [5, 5.41) is 9.12. The first kappa shape index (κ1) is 16.1. The zero-order chi connectivity index (χ0) is 15.5. The van der Waals surface area contributed by atoms with Gasteiger partial charge in [0.15, 0.2) is 5.78 Å². The van der Waals surface area contributed by atoms with Crippen LogP contribution in [0.15, 0.2) is 29.2 Å². The van der Waals surface area contributed by atoms with Gasteiger partial charge in [0.2, 0.25) is 10.0 Å². The first-order chi connectivity index (χ1) is 9.96. The third-order valence-corrected chi connectivity index (χ3v) is 5.83. The smallest absolute Gasteiger partial charge is 0.243 e. The van der Waals surface area contributed by atoms with Crippen LogP contribution in [0, 0.1) is 0 Å². The van der Waals surface area contributed by atoms with E-state index in [1.807, 2.05) is 0 Å². The van der Waals surface area contributed by atoms with Gasteiger partial charge in [-0.3, -0.25) is 4.79 Å². The van der Waals surface area contributed by atoms with E-state index in [0.29, 0.717) is 18.5 Å². The predicted octanol–water partition coefficient (Wildman–Crippen LogP) is 1.81. The Morgan fingerprint density at radius 3 is 2.81 bits per heavy atom. The molecular formula is C15H21NO4S. The number of piperidine rings is 1. The number of hydrogen-bond acceptors (Lipinski definition) is 4. The van der Waals surface area contributed by atoms with Crippen molar-refractivity contribution >= 4 is 15.8 Å². The number of hydrogen-bond donors (Lipinski definition) is 1. The third-order valence-electron chi connectivity index (χ3n) is 3.88. The van der Waals surface area contributed by atoms with Crippen molar-refractivity contribution in [3.8, 4) is 0 Å². The maximum Gasteiger partial charge on any atom is 0.243 e. The monoisotopic (exact) mass is 311 g/mol. The molecule has 1 unspecified atom stereocenters. The fourth-order valence-corrected chi connectivity index (χ4v) is 4.51. The Balaban J connectivity index is 2.35. The number of carbonyl (C=O) groups is 1. The van der Waals surface area contributed by atoms with Gasteiger partial charge in [-0.2, -0.15) is 4.31 Å². The van der Waals surface area contributed by atoms with Crippen LogP contribution in [0.5, 0.6) is 0 Å². The van der Waals surface area contributed by atoms with Gasteiger partial charge in [-0.25, -0.2) is 8.42 Å². The summed E-state index contributed by atoms with van der Waals surface area (Å²) in [5.41, 5.74) is 0.395. The number of Topliss-reactive ketones (excluding diaryl/α,β-unsaturated/α-hetero) is 1. The average molecular weight is 311 g/mol. The Bertz CT molecular complexity index is 610. The Kier molecular flexibility index (Phi) is 5.13. The molecular weight excluding hydrogens is 290 g/mol. The molecule has 0 aliphatic carbocycles. The van der Waals surface area contributed by atoms with Gasteiger partial charge in [0, 0.05) is 24.8 Å². The van der Waals surface area contributed by atoms with Gasteiger partial charge >= 0.3 is 0 Å². The molecule has 1 aromatic carbocycles. The molecule has 1 N–H and O–H groups in total. The Labute approximate surface area is 125 Å². The molecule has 21 heavy (non-hydrogen) atoms. The molecule has 5 nitrogen and oxygen atoms in total. The van der Waals surface area contributed by atoms with Crippen molar-refractivity contribution in [3.05, 3.63) is 29.8 Å². The van der Waals surface area contributed by atoms with Crippen LogP contribution >= 0.6 is 0 Å². The lowest BCUT2D eigenvalue weighted by Gasteiger charge is -2.34. The summed E-state index contributed by atoms with van der Waals surface area (Å²) < 4.78 is 27.0. The van der Waals surface area contributed by atoms with Crippen LogP contribution in [-0.2, 0) is 10.0 Å². The second-order valence-corrected chi connectivity index (χ2v) is 7.25. The minimum absolute atomic E-state index is 0.0236. The number of rotatable bonds is 5. The summed E-state index contributed by atoms with van der Waals surface area (Å²) in [6.07, 6.45) is 3.02. The van der Waals surface area contributed by atoms with E-state index in [-0.39, 0.29) is 23.3 Å². The predicted molar refractivity (Wildman–Crippen MR) is 79.7 cm³/mol. The molecule has 0 amide bonds. The zero-order valence-corrected chi connectivity index (χ0v) is 13.0. The van der Waals surface area contributed by atoms with Crippen molar-refractivity contribution in [2.24, 2.45) is 0 Å². The van der Waals surface area contributed by atoms with Crippen molar-refractivity contribution in [2.45, 2.75) is 43.5 Å². The summed E-state index contributed by atoms with van der Waals surface area (Å²) in [6.45, 7) is 1.86. The molecule has 1 aromatic rings. The molecule has 1 fully saturated rings. The highest BCUT2D eigenvalue weighted by molar-refractivity contribution is 7.89. The van der Waals surface area contributed by atoms with E-state index in [1.54, 1.807) is 12.1 Å². The minimum atomic E-state index is -3.62. The number of benzene rings is 1. The Morgan fingerprint density at radius 1 is 1.38 bits per heavy atom. The van der Waals surface area contributed by atoms with Crippen LogP contribution in [0.2, 0.25) is 0 Å². The van der Waals surface area contributed by atoms with E-state index < -0.39 is 10.0 Å². The van der Waals surface area contributed by atoms with Gasteiger partial charge in [-0.15, -0.1) is 0 Å². The van der Waals surface area contributed by atoms with Crippen molar-refractivity contribution in [1.29, 1.82) is 0 Å². The second kappa shape index (κ2) is 6.68. The second-order valence-electron chi connectivity index (χ2n) is 5.36. The highest BCUT2D eigenvalue weighted by Gasteiger charge is 2.33. The number of nitrogens with zero attached hydrogens (tertiary/aromatic N) is 1. The largest absolute Gasteiger partial charge is 0.396 e. The molecule has 6 heteroatoms. The minimum Gasteiger partial charge on any atom is -0.396 e. The molecule has 2 rings (SSSR count). The van der Waals surface area contributed by atoms with Gasteiger partial charge < -0.3 is 5.11 Å². The Hall–Kier alpha value is -1.24. The number of aliphatic hydroxyl groups excluding tert-OH is 1. The fourth-order valence-electron chi connectivity index (χ4n) is 2.74. The fraction of sp³-hybridized carbons (Fsp3) is 0.533. The van der Waals surface area contributed by atoms with E-state index >= 15 is 0 Å². The zero-order valence-electron chi connectivity index (χ0n) is 12.2. The van der Waals surface area contributed by atoms with Crippen molar-refractivity contribution in [1.82, 2.24) is 4.31 Å². The SMILES string of the molecule is CC(=O)c1cccc(S(=O)(=O)N2CCCCC2CCO)c1. The van der Waals surface area contributed by atoms with Crippen LogP contribution in [0.1, 0.15) is 43.0 Å². The maximum absolute atomic E-state index is 12.8. The molecule has 0 radical (unpaired) electrons. The van der Waals surface area contributed by atoms with Crippen molar-refractivity contribution < 1.29 is 18.3 Å². The lowest BCUT2D eigenvalue weighted by atomic mass is 10.0. The van der Waals surface area contributed by atoms with E-state index in [9.17, 15) is 13.2 Å². The molecule has 0 bridgehead atoms. The molecule has 0 saturated carbocycles. The van der Waals surface area contributed by atoms with Gasteiger partial charge in [0.05, 0.1) is 4.90 Å². The van der Waals surface area contributed by atoms with Gasteiger partial charge in [-0.1, -0.05) is 18.6 Å². The first-order valence-electron chi connectivity index (χ1n) is 7.20. The van der Waals surface area contributed by atoms with E-state index in [1.165, 1.54) is 23.4 Å². The molecule has 1 atom stereocenters. The first-order valence-corrected chi connectivity index (χ1v) is 8.64. The standard InChI is InChI=1S/C15H21NO4S/c1-12(18)13-5-4-7-15(11-13)21(19,20)16-9-3-2-6-14(16)8-10-17/h4-5,7,11,14,17H,2-3,6,8-10H2,1H3. The molecule has 1 aliphatic heterocycles. The normalized spacial score (nSPS) is 20.4. The molecule has 116 valence electrons. The van der Waals surface area contributed by atoms with Gasteiger partial charge in [0.25, 0.3) is 0 Å². The summed E-state index contributed by atoms with van der Waals surface area (Å²) in [4.78, 5) is 11.6. The number of carbonyl (C=O) groups excluding carboxylic acids is 1. The number of ketones is 1. The van der Waals surface area contributed by atoms with Gasteiger partial charge in [-0.05, 0) is 38.3 Å². The average Bonchev–Trinajstić information content (AvgIpc) is 2.48. The van der Waals surface area contributed by atoms with E-state index in [0.717, 1.165) is 19.3 Å². The third kappa shape index (κ3) is 3.51. The molecule has 1 aliphatic rings. The van der Waals surface area contributed by atoms with E-state index in [4.69, 9.17) is 5.11 Å². The summed E-state index contributed by atoms with van der Waals surface area (Å²) in [6, 6.07) is 6.00. The summed E-state index contributed by atoms with van der Waals surface area (Å²) in [7, 11) is -3.62. The Morgan fingerprint density at radius 2 is 2.14 bits per heavy atom. The lowest BCUT2D eigenvalue weighted by Crippen LogP contribution is -2.44. The van der Waals surface area contributed by atoms with Crippen molar-refractivity contribution in [2.75, 3.05) is 13.2 Å². The van der Waals surface area contributed by atoms with E-state index in [2.05, 4.69) is 0 Å². The van der Waals surface area contributed by atoms with Crippen LogP contribution in [0.4, 0.5) is 0 Å². The van der Waals surface area contributed by atoms with Crippen LogP contribution in [0.3, 0.4) is 0 Å². The molecule has 1 heterocycles. The maximum atomic E-state index is 12.8. The molecule has 0 aromatic heterocycles. The quantitative estimate of drug-likeness (QED) is 0.842. The molecule has 0 spiro atoms. The van der Waals surface area contributed by atoms with Gasteiger partial charge in [0.1, 0.15) is 0 Å². The number of sulfonamides is 1. The lowest BCUT2D eigenvalue weighted by molar-refractivity contribution is 0.101. The highest BCUT2D eigenvalue weighted by atomic mass is 32.2. The number of aliphatic hydroxyl groups is 1. The van der Waals surface area contributed by atoms with Crippen LogP contribution < -0.4 is 0 Å². The summed E-state index contributed by atoms with van der Waals surface area (Å²) >= 11 is 0. The highest BCUT2D eigenvalue weighted by Crippen LogP contribution is 2.27.